The van der Waals surface area contributed by atoms with Gasteiger partial charge in [-0.15, -0.1) is 0 Å². The maximum Gasteiger partial charge on any atom is 0.358 e. The van der Waals surface area contributed by atoms with E-state index in [2.05, 4.69) is 4.74 Å². The topological polar surface area (TPSA) is 49.8 Å². The third-order valence-corrected chi connectivity index (χ3v) is 2.49. The molecule has 0 aromatic heterocycles. The smallest absolute Gasteiger partial charge is 0.358 e. The van der Waals surface area contributed by atoms with Crippen LogP contribution in [0.25, 0.3) is 0 Å². The zero-order valence-corrected chi connectivity index (χ0v) is 10.7. The second-order valence-electron chi connectivity index (χ2n) is 3.46. The number of rotatable bonds is 3. The number of carbonyl (C=O) groups excluding carboxylic acids is 1. The van der Waals surface area contributed by atoms with Crippen LogP contribution in [0.4, 0.5) is 5.69 Å². The van der Waals surface area contributed by atoms with Gasteiger partial charge in [0.05, 0.1) is 7.11 Å². The lowest BCUT2D eigenvalue weighted by Crippen LogP contribution is -2.25. The predicted molar refractivity (Wildman–Crippen MR) is 67.2 cm³/mol. The van der Waals surface area contributed by atoms with E-state index in [1.807, 2.05) is 0 Å². The van der Waals surface area contributed by atoms with Crippen LogP contribution < -0.4 is 4.90 Å². The highest BCUT2D eigenvalue weighted by Crippen LogP contribution is 2.23. The van der Waals surface area contributed by atoms with E-state index >= 15 is 0 Å². The average Bonchev–Trinajstić information content (AvgIpc) is 2.28. The summed E-state index contributed by atoms with van der Waals surface area (Å²) in [5.74, 6) is -0.716. The molecule has 0 radical (unpaired) electrons. The van der Waals surface area contributed by atoms with E-state index in [1.165, 1.54) is 18.9 Å². The zero-order valence-electron chi connectivity index (χ0n) is 9.90. The fraction of sp³-hybridized carbons (Fsp3) is 0.250. The van der Waals surface area contributed by atoms with Crippen molar-refractivity contribution in [3.8, 4) is 0 Å². The predicted octanol–water partition coefficient (Wildman–Crippen LogP) is 2.74. The van der Waals surface area contributed by atoms with E-state index in [0.717, 1.165) is 0 Å². The number of methoxy groups -OCH3 is 1. The van der Waals surface area contributed by atoms with Gasteiger partial charge in [-0.25, -0.2) is 4.79 Å². The van der Waals surface area contributed by atoms with Gasteiger partial charge >= 0.3 is 5.97 Å². The van der Waals surface area contributed by atoms with Gasteiger partial charge in [0.15, 0.2) is 5.70 Å². The summed E-state index contributed by atoms with van der Waals surface area (Å²) in [5.41, 5.74) is 0.765. The Bertz CT molecular complexity index is 453. The Balaban J connectivity index is 3.14. The van der Waals surface area contributed by atoms with Crippen molar-refractivity contribution in [2.75, 3.05) is 19.1 Å². The number of benzene rings is 1. The van der Waals surface area contributed by atoms with Gasteiger partial charge in [0.1, 0.15) is 5.76 Å². The van der Waals surface area contributed by atoms with Crippen LogP contribution in [-0.2, 0) is 9.53 Å². The molecule has 0 aliphatic rings. The second-order valence-corrected chi connectivity index (χ2v) is 3.90. The van der Waals surface area contributed by atoms with Gasteiger partial charge in [-0.05, 0) is 25.1 Å². The molecule has 92 valence electrons. The Morgan fingerprint density at radius 3 is 2.59 bits per heavy atom. The van der Waals surface area contributed by atoms with Crippen LogP contribution in [0.1, 0.15) is 6.92 Å². The van der Waals surface area contributed by atoms with Crippen LogP contribution in [0.3, 0.4) is 0 Å². The van der Waals surface area contributed by atoms with Crippen molar-refractivity contribution in [3.05, 3.63) is 40.7 Å². The maximum atomic E-state index is 11.5. The van der Waals surface area contributed by atoms with Gasteiger partial charge in [0.25, 0.3) is 0 Å². The van der Waals surface area contributed by atoms with Crippen LogP contribution in [-0.4, -0.2) is 25.2 Å². The van der Waals surface area contributed by atoms with Crippen LogP contribution in [0.15, 0.2) is 35.7 Å². The van der Waals surface area contributed by atoms with Crippen LogP contribution in [0, 0.1) is 0 Å². The van der Waals surface area contributed by atoms with Crippen LogP contribution in [0.5, 0.6) is 0 Å². The van der Waals surface area contributed by atoms with E-state index in [1.54, 1.807) is 31.3 Å². The van der Waals surface area contributed by atoms with E-state index < -0.39 is 5.97 Å². The third-order valence-electron chi connectivity index (χ3n) is 2.25. The van der Waals surface area contributed by atoms with Crippen molar-refractivity contribution in [2.45, 2.75) is 6.92 Å². The van der Waals surface area contributed by atoms with Crippen molar-refractivity contribution in [3.63, 3.8) is 0 Å². The minimum absolute atomic E-state index is 0.0785. The van der Waals surface area contributed by atoms with Crippen LogP contribution in [0.2, 0.25) is 5.02 Å². The molecule has 0 aliphatic heterocycles. The van der Waals surface area contributed by atoms with E-state index in [-0.39, 0.29) is 11.5 Å². The van der Waals surface area contributed by atoms with Gasteiger partial charge in [-0.1, -0.05) is 17.7 Å². The first-order chi connectivity index (χ1) is 7.97. The number of carbonyl (C=O) groups is 1. The SMILES string of the molecule is COC(=O)/C(=C(/C)O)N(C)c1cccc(Cl)c1. The number of halogens is 1. The number of ether oxygens (including phenoxy) is 1. The molecule has 0 spiro atoms. The van der Waals surface area contributed by atoms with Gasteiger partial charge in [-0.2, -0.15) is 0 Å². The molecule has 0 heterocycles. The number of anilines is 1. The van der Waals surface area contributed by atoms with Gasteiger partial charge in [0.2, 0.25) is 0 Å². The Kier molecular flexibility index (Phi) is 4.40. The molecule has 1 aromatic rings. The average molecular weight is 256 g/mol. The fourth-order valence-corrected chi connectivity index (χ4v) is 1.62. The summed E-state index contributed by atoms with van der Waals surface area (Å²) < 4.78 is 4.62. The van der Waals surface area contributed by atoms with Crippen LogP contribution >= 0.6 is 11.6 Å². The molecule has 0 atom stereocenters. The van der Waals surface area contributed by atoms with Gasteiger partial charge < -0.3 is 14.7 Å². The van der Waals surface area contributed by atoms with Crippen molar-refractivity contribution < 1.29 is 14.6 Å². The summed E-state index contributed by atoms with van der Waals surface area (Å²) in [5, 5.41) is 10.1. The Hall–Kier alpha value is -1.68. The monoisotopic (exact) mass is 255 g/mol. The van der Waals surface area contributed by atoms with Crippen molar-refractivity contribution in [2.24, 2.45) is 0 Å². The normalized spacial score (nSPS) is 11.8. The Labute approximate surface area is 105 Å². The molecule has 1 N–H and O–H groups in total. The number of likely N-dealkylation sites (N-methyl/N-ethyl adjacent to an activating group) is 1. The number of aliphatic hydroxyl groups is 1. The molecule has 0 bridgehead atoms. The standard InChI is InChI=1S/C12H14ClNO3/c1-8(15)11(12(16)17-3)14(2)10-6-4-5-9(13)7-10/h4-7,15H,1-3H3/b11-8+. The van der Waals surface area contributed by atoms with E-state index in [9.17, 15) is 9.90 Å². The molecule has 0 saturated carbocycles. The highest BCUT2D eigenvalue weighted by atomic mass is 35.5. The lowest BCUT2D eigenvalue weighted by Gasteiger charge is -2.21. The van der Waals surface area contributed by atoms with E-state index in [0.29, 0.717) is 10.7 Å². The molecule has 0 aliphatic carbocycles. The van der Waals surface area contributed by atoms with E-state index in [4.69, 9.17) is 11.6 Å². The highest BCUT2D eigenvalue weighted by Gasteiger charge is 2.19. The lowest BCUT2D eigenvalue weighted by atomic mass is 10.2. The molecule has 0 amide bonds. The minimum atomic E-state index is -0.604. The summed E-state index contributed by atoms with van der Waals surface area (Å²) in [4.78, 5) is 13.1. The molecule has 5 heteroatoms. The first-order valence-corrected chi connectivity index (χ1v) is 5.32. The quantitative estimate of drug-likeness (QED) is 0.513. The number of allylic oxidation sites excluding steroid dienone is 1. The molecule has 0 saturated heterocycles. The summed E-state index contributed by atoms with van der Waals surface area (Å²) in [6.07, 6.45) is 0. The summed E-state index contributed by atoms with van der Waals surface area (Å²) in [7, 11) is 2.91. The summed E-state index contributed by atoms with van der Waals surface area (Å²) in [6.45, 7) is 1.42. The number of hydrogen-bond acceptors (Lipinski definition) is 4. The van der Waals surface area contributed by atoms with Gasteiger partial charge in [0, 0.05) is 17.8 Å². The Morgan fingerprint density at radius 2 is 2.12 bits per heavy atom. The maximum absolute atomic E-state index is 11.5. The minimum Gasteiger partial charge on any atom is -0.510 e. The molecule has 1 aromatic carbocycles. The number of esters is 1. The zero-order chi connectivity index (χ0) is 13.0. The molecular formula is C12H14ClNO3. The van der Waals surface area contributed by atoms with Gasteiger partial charge in [-0.3, -0.25) is 0 Å². The Morgan fingerprint density at radius 1 is 1.47 bits per heavy atom. The lowest BCUT2D eigenvalue weighted by molar-refractivity contribution is -0.136. The molecule has 17 heavy (non-hydrogen) atoms. The fourth-order valence-electron chi connectivity index (χ4n) is 1.44. The first kappa shape index (κ1) is 13.4. The van der Waals surface area contributed by atoms with Crippen molar-refractivity contribution in [1.82, 2.24) is 0 Å². The third kappa shape index (κ3) is 3.14. The number of aliphatic hydroxyl groups excluding tert-OH is 1. The summed E-state index contributed by atoms with van der Waals surface area (Å²) >= 11 is 5.87. The number of hydrogen-bond donors (Lipinski definition) is 1. The molecule has 0 unspecified atom stereocenters. The van der Waals surface area contributed by atoms with Crippen molar-refractivity contribution in [1.29, 1.82) is 0 Å². The van der Waals surface area contributed by atoms with Crippen molar-refractivity contribution >= 4 is 23.3 Å². The number of nitrogens with zero attached hydrogens (tertiary/aromatic N) is 1. The first-order valence-electron chi connectivity index (χ1n) is 4.94. The molecular weight excluding hydrogens is 242 g/mol. The summed E-state index contributed by atoms with van der Waals surface area (Å²) in [6, 6.07) is 6.95. The molecule has 1 rings (SSSR count). The highest BCUT2D eigenvalue weighted by molar-refractivity contribution is 6.30. The largest absolute Gasteiger partial charge is 0.510 e. The molecule has 4 nitrogen and oxygen atoms in total. The second kappa shape index (κ2) is 5.59. The molecule has 0 fully saturated rings.